The predicted molar refractivity (Wildman–Crippen MR) is 79.7 cm³/mol. The SMILES string of the molecule is CCC1CCCCN1C(=O)c1ccc(Br)cc1OC. The molecule has 0 radical (unpaired) electrons. The number of amides is 1. The predicted octanol–water partition coefficient (Wildman–Crippen LogP) is 3.86. The van der Waals surface area contributed by atoms with Crippen molar-refractivity contribution in [3.63, 3.8) is 0 Å². The molecule has 1 aromatic rings. The van der Waals surface area contributed by atoms with Crippen LogP contribution in [-0.2, 0) is 0 Å². The number of hydrogen-bond donors (Lipinski definition) is 0. The Morgan fingerprint density at radius 2 is 2.26 bits per heavy atom. The van der Waals surface area contributed by atoms with Crippen molar-refractivity contribution in [2.24, 2.45) is 0 Å². The van der Waals surface area contributed by atoms with E-state index in [1.807, 2.05) is 23.1 Å². The number of piperidine rings is 1. The average Bonchev–Trinajstić information content (AvgIpc) is 2.46. The van der Waals surface area contributed by atoms with Gasteiger partial charge in [-0.05, 0) is 43.9 Å². The summed E-state index contributed by atoms with van der Waals surface area (Å²) in [5, 5.41) is 0. The van der Waals surface area contributed by atoms with Crippen molar-refractivity contribution in [1.29, 1.82) is 0 Å². The summed E-state index contributed by atoms with van der Waals surface area (Å²) < 4.78 is 6.25. The van der Waals surface area contributed by atoms with Crippen molar-refractivity contribution < 1.29 is 9.53 Å². The van der Waals surface area contributed by atoms with Gasteiger partial charge in [-0.25, -0.2) is 0 Å². The van der Waals surface area contributed by atoms with Gasteiger partial charge in [-0.1, -0.05) is 22.9 Å². The van der Waals surface area contributed by atoms with Crippen molar-refractivity contribution >= 4 is 21.8 Å². The molecule has 1 fully saturated rings. The molecule has 19 heavy (non-hydrogen) atoms. The first-order chi connectivity index (χ1) is 9.17. The van der Waals surface area contributed by atoms with Crippen LogP contribution < -0.4 is 4.74 Å². The number of ether oxygens (including phenoxy) is 1. The molecule has 0 aliphatic carbocycles. The molecule has 0 aromatic heterocycles. The minimum Gasteiger partial charge on any atom is -0.496 e. The second-order valence-corrected chi connectivity index (χ2v) is 5.82. The van der Waals surface area contributed by atoms with Gasteiger partial charge in [0.05, 0.1) is 12.7 Å². The molecule has 1 heterocycles. The van der Waals surface area contributed by atoms with Crippen molar-refractivity contribution in [2.45, 2.75) is 38.6 Å². The summed E-state index contributed by atoms with van der Waals surface area (Å²) >= 11 is 3.40. The number of carbonyl (C=O) groups excluding carboxylic acids is 1. The molecule has 0 spiro atoms. The van der Waals surface area contributed by atoms with Crippen LogP contribution in [0.4, 0.5) is 0 Å². The molecular weight excluding hydrogens is 306 g/mol. The fraction of sp³-hybridized carbons (Fsp3) is 0.533. The largest absolute Gasteiger partial charge is 0.496 e. The second-order valence-electron chi connectivity index (χ2n) is 4.90. The highest BCUT2D eigenvalue weighted by Crippen LogP contribution is 2.28. The van der Waals surface area contributed by atoms with Gasteiger partial charge in [0.15, 0.2) is 0 Å². The quantitative estimate of drug-likeness (QED) is 0.844. The van der Waals surface area contributed by atoms with E-state index in [0.717, 1.165) is 30.3 Å². The zero-order chi connectivity index (χ0) is 13.8. The normalized spacial score (nSPS) is 19.3. The molecule has 0 bridgehead atoms. The number of rotatable bonds is 3. The third-order valence-corrected chi connectivity index (χ3v) is 4.25. The molecule has 2 rings (SSSR count). The summed E-state index contributed by atoms with van der Waals surface area (Å²) in [5.41, 5.74) is 0.658. The molecule has 1 aliphatic heterocycles. The van der Waals surface area contributed by atoms with E-state index >= 15 is 0 Å². The number of benzene rings is 1. The number of carbonyl (C=O) groups is 1. The summed E-state index contributed by atoms with van der Waals surface area (Å²) in [6.07, 6.45) is 4.45. The van der Waals surface area contributed by atoms with Crippen molar-refractivity contribution in [2.75, 3.05) is 13.7 Å². The molecule has 1 unspecified atom stereocenters. The van der Waals surface area contributed by atoms with Crippen LogP contribution in [0.25, 0.3) is 0 Å². The Bertz CT molecular complexity index is 461. The molecule has 1 atom stereocenters. The minimum atomic E-state index is 0.0934. The molecule has 1 saturated heterocycles. The first kappa shape index (κ1) is 14.4. The van der Waals surface area contributed by atoms with E-state index in [-0.39, 0.29) is 5.91 Å². The Balaban J connectivity index is 2.27. The molecule has 1 amide bonds. The van der Waals surface area contributed by atoms with Crippen LogP contribution in [0.1, 0.15) is 43.0 Å². The summed E-state index contributed by atoms with van der Waals surface area (Å²) in [6.45, 7) is 3.01. The van der Waals surface area contributed by atoms with Gasteiger partial charge >= 0.3 is 0 Å². The van der Waals surface area contributed by atoms with E-state index in [2.05, 4.69) is 22.9 Å². The molecule has 0 saturated carbocycles. The van der Waals surface area contributed by atoms with Crippen LogP contribution >= 0.6 is 15.9 Å². The number of likely N-dealkylation sites (tertiary alicyclic amines) is 1. The molecule has 1 aliphatic rings. The highest BCUT2D eigenvalue weighted by atomic mass is 79.9. The van der Waals surface area contributed by atoms with Gasteiger partial charge in [-0.2, -0.15) is 0 Å². The Morgan fingerprint density at radius 3 is 2.95 bits per heavy atom. The lowest BCUT2D eigenvalue weighted by Gasteiger charge is -2.35. The van der Waals surface area contributed by atoms with Gasteiger partial charge in [0.25, 0.3) is 5.91 Å². The Kier molecular flexibility index (Phi) is 4.86. The Hall–Kier alpha value is -1.03. The lowest BCUT2D eigenvalue weighted by atomic mass is 9.98. The maximum atomic E-state index is 12.7. The van der Waals surface area contributed by atoms with Gasteiger partial charge in [-0.15, -0.1) is 0 Å². The van der Waals surface area contributed by atoms with Gasteiger partial charge in [-0.3, -0.25) is 4.79 Å². The van der Waals surface area contributed by atoms with Crippen LogP contribution in [0.3, 0.4) is 0 Å². The van der Waals surface area contributed by atoms with E-state index in [9.17, 15) is 4.79 Å². The first-order valence-corrected chi connectivity index (χ1v) is 7.61. The van der Waals surface area contributed by atoms with Gasteiger partial charge in [0.2, 0.25) is 0 Å². The maximum Gasteiger partial charge on any atom is 0.257 e. The number of hydrogen-bond acceptors (Lipinski definition) is 2. The highest BCUT2D eigenvalue weighted by molar-refractivity contribution is 9.10. The van der Waals surface area contributed by atoms with Crippen molar-refractivity contribution in [3.8, 4) is 5.75 Å². The van der Waals surface area contributed by atoms with E-state index in [0.29, 0.717) is 17.4 Å². The van der Waals surface area contributed by atoms with Gasteiger partial charge in [0.1, 0.15) is 5.75 Å². The zero-order valence-electron chi connectivity index (χ0n) is 11.5. The van der Waals surface area contributed by atoms with Crippen molar-refractivity contribution in [3.05, 3.63) is 28.2 Å². The van der Waals surface area contributed by atoms with E-state index < -0.39 is 0 Å². The molecule has 3 nitrogen and oxygen atoms in total. The smallest absolute Gasteiger partial charge is 0.257 e. The molecule has 104 valence electrons. The highest BCUT2D eigenvalue weighted by Gasteiger charge is 2.27. The van der Waals surface area contributed by atoms with Crippen LogP contribution in [0.2, 0.25) is 0 Å². The van der Waals surface area contributed by atoms with Gasteiger partial charge < -0.3 is 9.64 Å². The molecule has 1 aromatic carbocycles. The van der Waals surface area contributed by atoms with Crippen LogP contribution in [-0.4, -0.2) is 30.5 Å². The summed E-state index contributed by atoms with van der Waals surface area (Å²) in [7, 11) is 1.60. The minimum absolute atomic E-state index is 0.0934. The third-order valence-electron chi connectivity index (χ3n) is 3.75. The standard InChI is InChI=1S/C15H20BrNO2/c1-3-12-6-4-5-9-17(12)15(18)13-8-7-11(16)10-14(13)19-2/h7-8,10,12H,3-6,9H2,1-2H3. The Morgan fingerprint density at radius 1 is 1.47 bits per heavy atom. The molecular formula is C15H20BrNO2. The summed E-state index contributed by atoms with van der Waals surface area (Å²) in [6, 6.07) is 5.94. The Labute approximate surface area is 123 Å². The fourth-order valence-electron chi connectivity index (χ4n) is 2.69. The molecule has 4 heteroatoms. The number of methoxy groups -OCH3 is 1. The van der Waals surface area contributed by atoms with Crippen LogP contribution in [0, 0.1) is 0 Å². The number of nitrogens with zero attached hydrogens (tertiary/aromatic N) is 1. The zero-order valence-corrected chi connectivity index (χ0v) is 13.1. The third kappa shape index (κ3) is 3.11. The summed E-state index contributed by atoms with van der Waals surface area (Å²) in [4.78, 5) is 14.7. The number of halogens is 1. The van der Waals surface area contributed by atoms with Crippen LogP contribution in [0.15, 0.2) is 22.7 Å². The lowest BCUT2D eigenvalue weighted by molar-refractivity contribution is 0.0604. The van der Waals surface area contributed by atoms with Crippen LogP contribution in [0.5, 0.6) is 5.75 Å². The topological polar surface area (TPSA) is 29.5 Å². The summed E-state index contributed by atoms with van der Waals surface area (Å²) in [5.74, 6) is 0.732. The maximum absolute atomic E-state index is 12.7. The monoisotopic (exact) mass is 325 g/mol. The average molecular weight is 326 g/mol. The van der Waals surface area contributed by atoms with E-state index in [4.69, 9.17) is 4.74 Å². The lowest BCUT2D eigenvalue weighted by Crippen LogP contribution is -2.43. The second kappa shape index (κ2) is 6.42. The van der Waals surface area contributed by atoms with Crippen molar-refractivity contribution in [1.82, 2.24) is 4.90 Å². The fourth-order valence-corrected chi connectivity index (χ4v) is 3.03. The van der Waals surface area contributed by atoms with Gasteiger partial charge in [0, 0.05) is 17.1 Å². The van der Waals surface area contributed by atoms with E-state index in [1.165, 1.54) is 6.42 Å². The van der Waals surface area contributed by atoms with E-state index in [1.54, 1.807) is 7.11 Å². The first-order valence-electron chi connectivity index (χ1n) is 6.82. The molecule has 0 N–H and O–H groups in total.